The number of aromatic nitrogens is 2. The molecule has 0 unspecified atom stereocenters. The maximum atomic E-state index is 13.1. The van der Waals surface area contributed by atoms with Gasteiger partial charge in [-0.25, -0.2) is 8.42 Å². The minimum Gasteiger partial charge on any atom is -0.493 e. The summed E-state index contributed by atoms with van der Waals surface area (Å²) in [6.07, 6.45) is 5.12. The first-order valence-corrected chi connectivity index (χ1v) is 14.2. The van der Waals surface area contributed by atoms with E-state index < -0.39 is 27.9 Å². The minimum absolute atomic E-state index is 0.0525. The van der Waals surface area contributed by atoms with Gasteiger partial charge in [0, 0.05) is 36.8 Å². The van der Waals surface area contributed by atoms with E-state index >= 15 is 0 Å². The Morgan fingerprint density at radius 2 is 2.05 bits per heavy atom. The SMILES string of the molecule is CS(=O)(=O)Nc1ccn(CCNC(=O)[C@@H]2CCC(=O)NCCCCCOc3ccc(Cl)cc3C(=O)N2)n1. The van der Waals surface area contributed by atoms with Crippen LogP contribution in [-0.4, -0.2) is 67.9 Å². The van der Waals surface area contributed by atoms with Crippen molar-refractivity contribution in [2.24, 2.45) is 0 Å². The number of benzene rings is 1. The lowest BCUT2D eigenvalue weighted by molar-refractivity contribution is -0.124. The van der Waals surface area contributed by atoms with E-state index in [1.165, 1.54) is 16.8 Å². The second-order valence-corrected chi connectivity index (χ2v) is 10.8. The molecular weight excluding hydrogens is 524 g/mol. The van der Waals surface area contributed by atoms with Gasteiger partial charge in [-0.2, -0.15) is 5.10 Å². The van der Waals surface area contributed by atoms with Crippen molar-refractivity contribution in [2.45, 2.75) is 44.7 Å². The standard InChI is InChI=1S/C23H31ClN6O6S/c1-37(34,35)29-20-9-12-30(28-20)13-11-26-23(33)18-6-8-21(31)25-10-3-2-4-14-36-19-7-5-16(24)15-17(19)22(32)27-18/h5,7,9,12,15,18H,2-4,6,8,10-11,13-14H2,1H3,(H,25,31)(H,26,33)(H,27,32)(H,28,29)/t18-/m0/s1. The van der Waals surface area contributed by atoms with Crippen LogP contribution >= 0.6 is 11.6 Å². The number of amides is 3. The Bertz CT molecular complexity index is 1220. The highest BCUT2D eigenvalue weighted by atomic mass is 35.5. The number of nitrogens with one attached hydrogen (secondary N) is 4. The molecule has 14 heteroatoms. The summed E-state index contributed by atoms with van der Waals surface area (Å²) in [5.41, 5.74) is 0.201. The Labute approximate surface area is 220 Å². The molecule has 12 nitrogen and oxygen atoms in total. The number of carbonyl (C=O) groups is 3. The van der Waals surface area contributed by atoms with E-state index in [2.05, 4.69) is 25.8 Å². The molecule has 0 bridgehead atoms. The number of fused-ring (bicyclic) bond motifs is 1. The van der Waals surface area contributed by atoms with Gasteiger partial charge in [0.15, 0.2) is 5.82 Å². The molecule has 1 aliphatic rings. The van der Waals surface area contributed by atoms with Crippen LogP contribution in [0.1, 0.15) is 42.5 Å². The predicted molar refractivity (Wildman–Crippen MR) is 138 cm³/mol. The van der Waals surface area contributed by atoms with Crippen molar-refractivity contribution >= 4 is 45.2 Å². The second kappa shape index (κ2) is 13.3. The van der Waals surface area contributed by atoms with Crippen LogP contribution in [0.15, 0.2) is 30.5 Å². The summed E-state index contributed by atoms with van der Waals surface area (Å²) in [5.74, 6) is -0.701. The van der Waals surface area contributed by atoms with Gasteiger partial charge in [0.2, 0.25) is 21.8 Å². The van der Waals surface area contributed by atoms with Crippen molar-refractivity contribution < 1.29 is 27.5 Å². The van der Waals surface area contributed by atoms with Crippen LogP contribution in [0, 0.1) is 0 Å². The maximum absolute atomic E-state index is 13.1. The molecule has 3 rings (SSSR count). The first kappa shape index (κ1) is 28.3. The van der Waals surface area contributed by atoms with Gasteiger partial charge in [0.25, 0.3) is 5.91 Å². The Morgan fingerprint density at radius 3 is 2.84 bits per heavy atom. The molecule has 3 amide bonds. The van der Waals surface area contributed by atoms with Crippen molar-refractivity contribution in [3.05, 3.63) is 41.0 Å². The van der Waals surface area contributed by atoms with E-state index in [0.717, 1.165) is 25.5 Å². The summed E-state index contributed by atoms with van der Waals surface area (Å²) in [4.78, 5) is 38.3. The topological polar surface area (TPSA) is 161 Å². The molecule has 37 heavy (non-hydrogen) atoms. The van der Waals surface area contributed by atoms with Crippen LogP contribution in [0.5, 0.6) is 5.75 Å². The van der Waals surface area contributed by atoms with Gasteiger partial charge in [0.05, 0.1) is 25.0 Å². The number of halogens is 1. The van der Waals surface area contributed by atoms with E-state index in [0.29, 0.717) is 23.9 Å². The van der Waals surface area contributed by atoms with Crippen molar-refractivity contribution in [1.29, 1.82) is 0 Å². The summed E-state index contributed by atoms with van der Waals surface area (Å²) in [5, 5.41) is 12.7. The third-order valence-corrected chi connectivity index (χ3v) is 6.25. The Balaban J connectivity index is 1.68. The van der Waals surface area contributed by atoms with Gasteiger partial charge >= 0.3 is 0 Å². The predicted octanol–water partition coefficient (Wildman–Crippen LogP) is 1.28. The fourth-order valence-corrected chi connectivity index (χ4v) is 4.30. The van der Waals surface area contributed by atoms with Crippen molar-refractivity contribution in [1.82, 2.24) is 25.7 Å². The molecule has 4 N–H and O–H groups in total. The van der Waals surface area contributed by atoms with Crippen LogP contribution < -0.4 is 25.4 Å². The van der Waals surface area contributed by atoms with E-state index in [-0.39, 0.29) is 43.2 Å². The first-order valence-electron chi connectivity index (χ1n) is 11.9. The highest BCUT2D eigenvalue weighted by Gasteiger charge is 2.24. The second-order valence-electron chi connectivity index (χ2n) is 8.59. The fraction of sp³-hybridized carbons (Fsp3) is 0.478. The number of sulfonamides is 1. The quantitative estimate of drug-likeness (QED) is 0.418. The number of hydrogen-bond acceptors (Lipinski definition) is 7. The van der Waals surface area contributed by atoms with Gasteiger partial charge in [-0.15, -0.1) is 0 Å². The minimum atomic E-state index is -3.45. The molecule has 2 heterocycles. The molecule has 2 aromatic rings. The van der Waals surface area contributed by atoms with E-state index in [4.69, 9.17) is 16.3 Å². The average Bonchev–Trinajstić information content (AvgIpc) is 3.26. The Morgan fingerprint density at radius 1 is 1.24 bits per heavy atom. The van der Waals surface area contributed by atoms with Crippen LogP contribution in [0.25, 0.3) is 0 Å². The number of ether oxygens (including phenoxy) is 1. The molecule has 0 spiro atoms. The largest absolute Gasteiger partial charge is 0.493 e. The van der Waals surface area contributed by atoms with Crippen LogP contribution in [0.4, 0.5) is 5.82 Å². The molecule has 202 valence electrons. The molecule has 0 fully saturated rings. The van der Waals surface area contributed by atoms with Gasteiger partial charge in [-0.1, -0.05) is 11.6 Å². The zero-order chi connectivity index (χ0) is 26.8. The smallest absolute Gasteiger partial charge is 0.255 e. The Hall–Kier alpha value is -3.32. The zero-order valence-electron chi connectivity index (χ0n) is 20.5. The highest BCUT2D eigenvalue weighted by Crippen LogP contribution is 2.24. The highest BCUT2D eigenvalue weighted by molar-refractivity contribution is 7.92. The number of nitrogens with zero attached hydrogens (tertiary/aromatic N) is 2. The molecule has 1 aromatic heterocycles. The van der Waals surface area contributed by atoms with Crippen LogP contribution in [-0.2, 0) is 26.2 Å². The molecule has 1 atom stereocenters. The molecule has 1 aromatic carbocycles. The lowest BCUT2D eigenvalue weighted by atomic mass is 10.1. The molecular formula is C23H31ClN6O6S. The summed E-state index contributed by atoms with van der Waals surface area (Å²) in [6, 6.07) is 5.22. The van der Waals surface area contributed by atoms with Gasteiger partial charge < -0.3 is 20.7 Å². The molecule has 0 saturated carbocycles. The van der Waals surface area contributed by atoms with Crippen LogP contribution in [0.2, 0.25) is 5.02 Å². The number of carbonyl (C=O) groups excluding carboxylic acids is 3. The summed E-state index contributed by atoms with van der Waals surface area (Å²) in [6.45, 7) is 1.33. The molecule has 0 saturated heterocycles. The molecule has 0 aliphatic carbocycles. The lowest BCUT2D eigenvalue weighted by Crippen LogP contribution is -2.48. The fourth-order valence-electron chi connectivity index (χ4n) is 3.64. The molecule has 0 radical (unpaired) electrons. The van der Waals surface area contributed by atoms with Gasteiger partial charge in [0.1, 0.15) is 11.8 Å². The summed E-state index contributed by atoms with van der Waals surface area (Å²) < 4.78 is 32.2. The summed E-state index contributed by atoms with van der Waals surface area (Å²) in [7, 11) is -3.45. The van der Waals surface area contributed by atoms with E-state index in [1.807, 2.05) is 0 Å². The monoisotopic (exact) mass is 554 g/mol. The normalized spacial score (nSPS) is 17.7. The number of anilines is 1. The van der Waals surface area contributed by atoms with Gasteiger partial charge in [-0.3, -0.25) is 23.8 Å². The van der Waals surface area contributed by atoms with Gasteiger partial charge in [-0.05, 0) is 43.9 Å². The van der Waals surface area contributed by atoms with Crippen molar-refractivity contribution in [2.75, 3.05) is 30.7 Å². The van der Waals surface area contributed by atoms with E-state index in [1.54, 1.807) is 18.3 Å². The van der Waals surface area contributed by atoms with Crippen LogP contribution in [0.3, 0.4) is 0 Å². The average molecular weight is 555 g/mol. The zero-order valence-corrected chi connectivity index (χ0v) is 22.0. The summed E-state index contributed by atoms with van der Waals surface area (Å²) >= 11 is 6.10. The molecule has 1 aliphatic heterocycles. The number of rotatable bonds is 6. The van der Waals surface area contributed by atoms with Crippen molar-refractivity contribution in [3.8, 4) is 5.75 Å². The number of hydrogen-bond donors (Lipinski definition) is 4. The van der Waals surface area contributed by atoms with Crippen molar-refractivity contribution in [3.63, 3.8) is 0 Å². The Kier molecular flexibility index (Phi) is 10.1. The van der Waals surface area contributed by atoms with E-state index in [9.17, 15) is 22.8 Å². The first-order chi connectivity index (χ1) is 17.6. The maximum Gasteiger partial charge on any atom is 0.255 e. The third-order valence-electron chi connectivity index (χ3n) is 5.44. The lowest BCUT2D eigenvalue weighted by Gasteiger charge is -2.19. The third kappa shape index (κ3) is 9.57.